The molecule has 8 heteroatoms. The second kappa shape index (κ2) is 7.91. The maximum absolute atomic E-state index is 6.40. The fourth-order valence-corrected chi connectivity index (χ4v) is 5.38. The number of nitrogens with zero attached hydrogens (tertiary/aromatic N) is 4. The number of hydrogen-bond donors (Lipinski definition) is 2. The van der Waals surface area contributed by atoms with E-state index in [0.717, 1.165) is 69.6 Å². The molecule has 1 saturated heterocycles. The Labute approximate surface area is 182 Å². The van der Waals surface area contributed by atoms with E-state index in [2.05, 4.69) is 45.9 Å². The highest BCUT2D eigenvalue weighted by Gasteiger charge is 2.38. The van der Waals surface area contributed by atoms with E-state index in [1.165, 1.54) is 11.1 Å². The molecule has 3 aromatic heterocycles. The minimum Gasteiger partial charge on any atom is -0.432 e. The number of nitrogens with two attached hydrogens (primary N) is 1. The van der Waals surface area contributed by atoms with E-state index in [1.54, 1.807) is 6.33 Å². The Morgan fingerprint density at radius 1 is 1.26 bits per heavy atom. The minimum absolute atomic E-state index is 0.193. The van der Waals surface area contributed by atoms with Gasteiger partial charge in [0.2, 0.25) is 5.71 Å². The van der Waals surface area contributed by atoms with Gasteiger partial charge in [-0.05, 0) is 41.7 Å². The summed E-state index contributed by atoms with van der Waals surface area (Å²) in [5.41, 5.74) is 11.1. The molecule has 0 spiro atoms. The van der Waals surface area contributed by atoms with Crippen molar-refractivity contribution in [2.24, 2.45) is 5.41 Å². The molecule has 166 valence electrons. The number of furan rings is 1. The number of anilines is 2. The lowest BCUT2D eigenvalue weighted by atomic mass is 9.64. The lowest BCUT2D eigenvalue weighted by molar-refractivity contribution is 0.0398. The molecule has 1 unspecified atom stereocenters. The van der Waals surface area contributed by atoms with Gasteiger partial charge in [-0.25, -0.2) is 9.97 Å². The summed E-state index contributed by atoms with van der Waals surface area (Å²) >= 11 is 0. The molecule has 0 bridgehead atoms. The van der Waals surface area contributed by atoms with Gasteiger partial charge in [0.1, 0.15) is 17.7 Å². The Balaban J connectivity index is 1.55. The van der Waals surface area contributed by atoms with Gasteiger partial charge in [0.05, 0.1) is 18.6 Å². The first-order valence-corrected chi connectivity index (χ1v) is 11.4. The van der Waals surface area contributed by atoms with Crippen LogP contribution in [0.5, 0.6) is 0 Å². The standard InChI is InChI=1S/C23H32N6O2/c1-4-15-16-14(5-6-23(15,2)3)20(24)28-22-17(16)18-19(31-22)21(27-13-26-18)25-7-8-29-9-11-30-12-10-29/h13,15H,4-12H2,1-3H3,(H2,24,28)(H,25,26,27). The molecule has 8 nitrogen and oxygen atoms in total. The van der Waals surface area contributed by atoms with Gasteiger partial charge < -0.3 is 20.2 Å². The second-order valence-corrected chi connectivity index (χ2v) is 9.40. The average molecular weight is 425 g/mol. The first-order chi connectivity index (χ1) is 15.0. The number of aromatic nitrogens is 3. The predicted molar refractivity (Wildman–Crippen MR) is 122 cm³/mol. The van der Waals surface area contributed by atoms with E-state index < -0.39 is 0 Å². The molecule has 4 heterocycles. The summed E-state index contributed by atoms with van der Waals surface area (Å²) in [7, 11) is 0. The molecule has 5 rings (SSSR count). The number of nitrogens with one attached hydrogen (secondary N) is 1. The van der Waals surface area contributed by atoms with Gasteiger partial charge in [-0.15, -0.1) is 0 Å². The molecule has 0 amide bonds. The molecule has 31 heavy (non-hydrogen) atoms. The smallest absolute Gasteiger partial charge is 0.231 e. The van der Waals surface area contributed by atoms with Crippen LogP contribution in [0, 0.1) is 5.41 Å². The van der Waals surface area contributed by atoms with Crippen molar-refractivity contribution in [2.75, 3.05) is 50.4 Å². The third-order valence-electron chi connectivity index (χ3n) is 7.12. The Bertz CT molecular complexity index is 1100. The fraction of sp³-hybridized carbons (Fsp3) is 0.609. The van der Waals surface area contributed by atoms with Crippen molar-refractivity contribution < 1.29 is 9.15 Å². The molecule has 0 radical (unpaired) electrons. The largest absolute Gasteiger partial charge is 0.432 e. The van der Waals surface area contributed by atoms with Crippen LogP contribution in [0.3, 0.4) is 0 Å². The summed E-state index contributed by atoms with van der Waals surface area (Å²) in [6, 6.07) is 0. The van der Waals surface area contributed by atoms with E-state index >= 15 is 0 Å². The van der Waals surface area contributed by atoms with Crippen molar-refractivity contribution in [3.05, 3.63) is 17.5 Å². The van der Waals surface area contributed by atoms with Crippen molar-refractivity contribution in [3.8, 4) is 0 Å². The van der Waals surface area contributed by atoms with Crippen LogP contribution in [0.4, 0.5) is 11.6 Å². The van der Waals surface area contributed by atoms with Gasteiger partial charge in [-0.3, -0.25) is 4.90 Å². The molecule has 1 atom stereocenters. The molecule has 0 saturated carbocycles. The normalized spacial score (nSPS) is 21.5. The predicted octanol–water partition coefficient (Wildman–Crippen LogP) is 3.56. The van der Waals surface area contributed by atoms with E-state index in [4.69, 9.17) is 14.9 Å². The van der Waals surface area contributed by atoms with Crippen LogP contribution in [0.25, 0.3) is 22.2 Å². The van der Waals surface area contributed by atoms with Crippen LogP contribution in [-0.4, -0.2) is 59.2 Å². The topological polar surface area (TPSA) is 102 Å². The van der Waals surface area contributed by atoms with E-state index in [1.807, 2.05) is 0 Å². The lowest BCUT2D eigenvalue weighted by Crippen LogP contribution is -2.39. The van der Waals surface area contributed by atoms with Gasteiger partial charge >= 0.3 is 0 Å². The number of hydrogen-bond acceptors (Lipinski definition) is 8. The first kappa shape index (κ1) is 20.5. The maximum Gasteiger partial charge on any atom is 0.231 e. The van der Waals surface area contributed by atoms with Crippen LogP contribution >= 0.6 is 0 Å². The minimum atomic E-state index is 0.193. The second-order valence-electron chi connectivity index (χ2n) is 9.40. The summed E-state index contributed by atoms with van der Waals surface area (Å²) in [5, 5.41) is 4.46. The molecular formula is C23H32N6O2. The highest BCUT2D eigenvalue weighted by molar-refractivity contribution is 6.07. The zero-order chi connectivity index (χ0) is 21.6. The number of pyridine rings is 1. The molecule has 0 aromatic carbocycles. The van der Waals surface area contributed by atoms with Gasteiger partial charge in [-0.2, -0.15) is 4.98 Å². The Hall–Kier alpha value is -2.45. The molecule has 1 aliphatic carbocycles. The fourth-order valence-electron chi connectivity index (χ4n) is 5.38. The van der Waals surface area contributed by atoms with Crippen molar-refractivity contribution in [3.63, 3.8) is 0 Å². The van der Waals surface area contributed by atoms with Crippen LogP contribution < -0.4 is 11.1 Å². The zero-order valence-corrected chi connectivity index (χ0v) is 18.7. The molecule has 2 aliphatic rings. The van der Waals surface area contributed by atoms with Gasteiger partial charge in [0, 0.05) is 26.2 Å². The van der Waals surface area contributed by atoms with Crippen molar-refractivity contribution in [2.45, 2.75) is 46.0 Å². The van der Waals surface area contributed by atoms with Gasteiger partial charge in [0.15, 0.2) is 11.4 Å². The van der Waals surface area contributed by atoms with Crippen LogP contribution in [-0.2, 0) is 11.2 Å². The Morgan fingerprint density at radius 3 is 2.84 bits per heavy atom. The summed E-state index contributed by atoms with van der Waals surface area (Å²) in [5.74, 6) is 1.69. The van der Waals surface area contributed by atoms with Crippen LogP contribution in [0.15, 0.2) is 10.7 Å². The van der Waals surface area contributed by atoms with Crippen LogP contribution in [0.1, 0.15) is 50.7 Å². The highest BCUT2D eigenvalue weighted by Crippen LogP contribution is 2.51. The SMILES string of the molecule is CCC1c2c(c(N)nc3oc4c(NCCN5CCOCC5)ncnc4c23)CCC1(C)C. The molecule has 3 aromatic rings. The van der Waals surface area contributed by atoms with E-state index in [-0.39, 0.29) is 5.41 Å². The van der Waals surface area contributed by atoms with Crippen LogP contribution in [0.2, 0.25) is 0 Å². The molecule has 3 N–H and O–H groups in total. The summed E-state index contributed by atoms with van der Waals surface area (Å²) in [6.07, 6.45) is 4.71. The summed E-state index contributed by atoms with van der Waals surface area (Å²) in [4.78, 5) is 16.1. The quantitative estimate of drug-likeness (QED) is 0.641. The maximum atomic E-state index is 6.40. The number of fused-ring (bicyclic) bond motifs is 5. The Kier molecular flexibility index (Phi) is 5.22. The van der Waals surface area contributed by atoms with Crippen molar-refractivity contribution in [1.82, 2.24) is 19.9 Å². The summed E-state index contributed by atoms with van der Waals surface area (Å²) in [6.45, 7) is 12.2. The monoisotopic (exact) mass is 424 g/mol. The molecule has 1 fully saturated rings. The first-order valence-electron chi connectivity index (χ1n) is 11.4. The highest BCUT2D eigenvalue weighted by atomic mass is 16.5. The summed E-state index contributed by atoms with van der Waals surface area (Å²) < 4.78 is 11.7. The van der Waals surface area contributed by atoms with Crippen molar-refractivity contribution >= 4 is 33.8 Å². The molecular weight excluding hydrogens is 392 g/mol. The van der Waals surface area contributed by atoms with E-state index in [0.29, 0.717) is 28.9 Å². The number of morpholine rings is 1. The molecule has 1 aliphatic heterocycles. The van der Waals surface area contributed by atoms with Gasteiger partial charge in [0.25, 0.3) is 0 Å². The third kappa shape index (κ3) is 3.51. The average Bonchev–Trinajstić information content (AvgIpc) is 3.13. The lowest BCUT2D eigenvalue weighted by Gasteiger charge is -2.40. The Morgan fingerprint density at radius 2 is 2.06 bits per heavy atom. The third-order valence-corrected chi connectivity index (χ3v) is 7.12. The van der Waals surface area contributed by atoms with Crippen molar-refractivity contribution in [1.29, 1.82) is 0 Å². The zero-order valence-electron chi connectivity index (χ0n) is 18.7. The number of ether oxygens (including phenoxy) is 1. The number of nitrogen functional groups attached to an aromatic ring is 1. The number of rotatable bonds is 5. The van der Waals surface area contributed by atoms with Gasteiger partial charge in [-0.1, -0.05) is 20.8 Å². The van der Waals surface area contributed by atoms with E-state index in [9.17, 15) is 0 Å².